The third-order valence-electron chi connectivity index (χ3n) is 6.64. The molecule has 0 unspecified atom stereocenters. The van der Waals surface area contributed by atoms with Crippen LogP contribution in [0.15, 0.2) is 97.1 Å². The summed E-state index contributed by atoms with van der Waals surface area (Å²) in [5.74, 6) is 0. The minimum atomic E-state index is 1.02. The van der Waals surface area contributed by atoms with Gasteiger partial charge in [-0.15, -0.1) is 11.3 Å². The minimum absolute atomic E-state index is 1.02. The molecule has 2 nitrogen and oxygen atoms in total. The van der Waals surface area contributed by atoms with Crippen LogP contribution in [0.2, 0.25) is 0 Å². The first-order valence-corrected chi connectivity index (χ1v) is 12.6. The molecule has 8 aromatic rings. The zero-order valence-corrected chi connectivity index (χ0v) is 19.1. The van der Waals surface area contributed by atoms with Gasteiger partial charge in [-0.1, -0.05) is 78.1 Å². The molecule has 3 aromatic heterocycles. The van der Waals surface area contributed by atoms with Crippen molar-refractivity contribution in [1.29, 1.82) is 0 Å². The Balaban J connectivity index is 1.53. The molecule has 5 aromatic carbocycles. The van der Waals surface area contributed by atoms with Gasteiger partial charge in [0, 0.05) is 30.9 Å². The first kappa shape index (κ1) is 17.8. The van der Waals surface area contributed by atoms with Crippen LogP contribution >= 0.6 is 22.7 Å². The molecule has 0 radical (unpaired) electrons. The van der Waals surface area contributed by atoms with Gasteiger partial charge in [-0.05, 0) is 41.1 Å². The predicted molar refractivity (Wildman–Crippen MR) is 144 cm³/mol. The van der Waals surface area contributed by atoms with Crippen LogP contribution in [-0.4, -0.2) is 9.55 Å². The largest absolute Gasteiger partial charge is 0.285 e. The van der Waals surface area contributed by atoms with Crippen LogP contribution in [0.3, 0.4) is 0 Å². The smallest absolute Gasteiger partial charge is 0.195 e. The van der Waals surface area contributed by atoms with Crippen molar-refractivity contribution >= 4 is 85.6 Å². The van der Waals surface area contributed by atoms with Crippen LogP contribution in [0.25, 0.3) is 68.1 Å². The van der Waals surface area contributed by atoms with Crippen molar-refractivity contribution < 1.29 is 0 Å². The lowest BCUT2D eigenvalue weighted by Gasteiger charge is -2.04. The van der Waals surface area contributed by atoms with E-state index in [2.05, 4.69) is 102 Å². The van der Waals surface area contributed by atoms with Gasteiger partial charge in [-0.25, -0.2) is 4.98 Å². The third-order valence-corrected chi connectivity index (χ3v) is 8.85. The molecule has 0 aliphatic rings. The summed E-state index contributed by atoms with van der Waals surface area (Å²) in [5.41, 5.74) is 3.48. The zero-order chi connectivity index (χ0) is 21.5. The predicted octanol–water partition coefficient (Wildman–Crippen LogP) is 8.91. The van der Waals surface area contributed by atoms with Crippen LogP contribution in [0.1, 0.15) is 0 Å². The lowest BCUT2D eigenvalue weighted by atomic mass is 10.0. The molecule has 0 saturated heterocycles. The van der Waals surface area contributed by atoms with Crippen LogP contribution in [0, 0.1) is 0 Å². The number of rotatable bonds is 1. The Morgan fingerprint density at radius 2 is 1.33 bits per heavy atom. The Morgan fingerprint density at radius 1 is 0.545 bits per heavy atom. The number of hydrogen-bond donors (Lipinski definition) is 0. The molecule has 0 aliphatic heterocycles. The summed E-state index contributed by atoms with van der Waals surface area (Å²) >= 11 is 3.66. The highest BCUT2D eigenvalue weighted by Crippen LogP contribution is 2.43. The van der Waals surface area contributed by atoms with Crippen molar-refractivity contribution in [1.82, 2.24) is 9.55 Å². The van der Waals surface area contributed by atoms with E-state index in [1.165, 1.54) is 57.5 Å². The molecule has 33 heavy (non-hydrogen) atoms. The summed E-state index contributed by atoms with van der Waals surface area (Å²) in [7, 11) is 0. The average molecular weight is 457 g/mol. The van der Waals surface area contributed by atoms with E-state index in [1.807, 2.05) is 11.3 Å². The van der Waals surface area contributed by atoms with Gasteiger partial charge in [0.1, 0.15) is 0 Å². The number of thiazole rings is 1. The van der Waals surface area contributed by atoms with Crippen molar-refractivity contribution in [2.24, 2.45) is 0 Å². The van der Waals surface area contributed by atoms with E-state index in [1.54, 1.807) is 11.3 Å². The summed E-state index contributed by atoms with van der Waals surface area (Å²) in [4.78, 5) is 5.16. The molecular formula is C29H16N2S2. The second-order valence-corrected chi connectivity index (χ2v) is 10.5. The van der Waals surface area contributed by atoms with E-state index < -0.39 is 0 Å². The highest BCUT2D eigenvalue weighted by molar-refractivity contribution is 7.28. The van der Waals surface area contributed by atoms with E-state index in [0.717, 1.165) is 10.6 Å². The fourth-order valence-electron chi connectivity index (χ4n) is 5.22. The Labute approximate surface area is 196 Å². The summed E-state index contributed by atoms with van der Waals surface area (Å²) < 4.78 is 6.28. The van der Waals surface area contributed by atoms with Gasteiger partial charge in [-0.2, -0.15) is 0 Å². The van der Waals surface area contributed by atoms with Gasteiger partial charge >= 0.3 is 0 Å². The minimum Gasteiger partial charge on any atom is -0.285 e. The molecule has 0 N–H and O–H groups in total. The van der Waals surface area contributed by atoms with Crippen molar-refractivity contribution in [3.63, 3.8) is 0 Å². The standard InChI is InChI=1S/C29H16N2S2/c1-2-8-18-17(7-1)13-15-23-26(18)19-9-3-5-11-22(19)31(23)29-30-21-14-16-25-27(28(21)33-29)20-10-4-6-12-24(20)32-25/h1-16H. The zero-order valence-electron chi connectivity index (χ0n) is 17.4. The van der Waals surface area contributed by atoms with Crippen LogP contribution in [0.5, 0.6) is 0 Å². The van der Waals surface area contributed by atoms with E-state index in [-0.39, 0.29) is 0 Å². The average Bonchev–Trinajstić information content (AvgIpc) is 3.54. The number of nitrogens with zero attached hydrogens (tertiary/aromatic N) is 2. The summed E-state index contributed by atoms with van der Waals surface area (Å²) in [6, 6.07) is 34.9. The van der Waals surface area contributed by atoms with Gasteiger partial charge in [0.25, 0.3) is 0 Å². The maximum absolute atomic E-state index is 5.16. The number of thiophene rings is 1. The van der Waals surface area contributed by atoms with E-state index >= 15 is 0 Å². The Kier molecular flexibility index (Phi) is 3.45. The third kappa shape index (κ3) is 2.34. The van der Waals surface area contributed by atoms with Gasteiger partial charge in [0.2, 0.25) is 0 Å². The van der Waals surface area contributed by atoms with Gasteiger partial charge in [-0.3, -0.25) is 4.57 Å². The van der Waals surface area contributed by atoms with Crippen molar-refractivity contribution in [3.05, 3.63) is 97.1 Å². The Morgan fingerprint density at radius 3 is 2.27 bits per heavy atom. The van der Waals surface area contributed by atoms with Crippen molar-refractivity contribution in [2.45, 2.75) is 0 Å². The maximum atomic E-state index is 5.16. The first-order chi connectivity index (χ1) is 16.4. The number of para-hydroxylation sites is 1. The summed E-state index contributed by atoms with van der Waals surface area (Å²) in [5, 5.41) is 8.81. The molecule has 0 spiro atoms. The fraction of sp³-hybridized carbons (Fsp3) is 0. The molecule has 4 heteroatoms. The lowest BCUT2D eigenvalue weighted by molar-refractivity contribution is 1.15. The molecular weight excluding hydrogens is 440 g/mol. The molecule has 0 atom stereocenters. The van der Waals surface area contributed by atoms with Crippen LogP contribution < -0.4 is 0 Å². The highest BCUT2D eigenvalue weighted by Gasteiger charge is 2.18. The molecule has 0 amide bonds. The molecule has 8 rings (SSSR count). The number of aromatic nitrogens is 2. The quantitative estimate of drug-likeness (QED) is 0.241. The van der Waals surface area contributed by atoms with Gasteiger partial charge in [0.15, 0.2) is 5.13 Å². The van der Waals surface area contributed by atoms with Crippen molar-refractivity contribution in [2.75, 3.05) is 0 Å². The number of fused-ring (bicyclic) bond motifs is 10. The van der Waals surface area contributed by atoms with Gasteiger partial charge < -0.3 is 0 Å². The summed E-state index contributed by atoms with van der Waals surface area (Å²) in [6.07, 6.45) is 0. The molecule has 0 fully saturated rings. The Hall–Kier alpha value is -3.73. The van der Waals surface area contributed by atoms with E-state index in [0.29, 0.717) is 0 Å². The topological polar surface area (TPSA) is 17.8 Å². The molecule has 3 heterocycles. The van der Waals surface area contributed by atoms with Crippen LogP contribution in [0.4, 0.5) is 0 Å². The SMILES string of the molecule is c1ccc2c(c1)ccc1c2c2ccccc2n1-c1nc2ccc3sc4ccccc4c3c2s1. The number of hydrogen-bond acceptors (Lipinski definition) is 3. The first-order valence-electron chi connectivity index (χ1n) is 11.0. The molecule has 0 saturated carbocycles. The normalized spacial score (nSPS) is 12.2. The molecule has 0 bridgehead atoms. The Bertz CT molecular complexity index is 2040. The fourth-order valence-corrected chi connectivity index (χ4v) is 7.56. The highest BCUT2D eigenvalue weighted by atomic mass is 32.1. The number of benzene rings is 5. The monoisotopic (exact) mass is 456 g/mol. The molecule has 154 valence electrons. The maximum Gasteiger partial charge on any atom is 0.195 e. The second kappa shape index (κ2) is 6.41. The molecule has 0 aliphatic carbocycles. The van der Waals surface area contributed by atoms with E-state index in [9.17, 15) is 0 Å². The van der Waals surface area contributed by atoms with Gasteiger partial charge in [0.05, 0.1) is 21.3 Å². The lowest BCUT2D eigenvalue weighted by Crippen LogP contribution is -1.92. The van der Waals surface area contributed by atoms with E-state index in [4.69, 9.17) is 4.98 Å². The van der Waals surface area contributed by atoms with Crippen molar-refractivity contribution in [3.8, 4) is 5.13 Å². The van der Waals surface area contributed by atoms with Crippen LogP contribution in [-0.2, 0) is 0 Å². The summed E-state index contributed by atoms with van der Waals surface area (Å²) in [6.45, 7) is 0. The second-order valence-electron chi connectivity index (χ2n) is 8.41.